The Morgan fingerprint density at radius 1 is 1.00 bits per heavy atom. The summed E-state index contributed by atoms with van der Waals surface area (Å²) >= 11 is 5.93. The zero-order chi connectivity index (χ0) is 25.1. The van der Waals surface area contributed by atoms with Crippen LogP contribution in [-0.4, -0.2) is 37.4 Å². The number of carboxylic acid groups (broad SMARTS) is 1. The van der Waals surface area contributed by atoms with Crippen LogP contribution in [0.4, 0.5) is 0 Å². The first kappa shape index (κ1) is 30.4. The maximum Gasteiger partial charge on any atom is 1.00 e. The molecule has 0 aliphatic heterocycles. The van der Waals surface area contributed by atoms with Gasteiger partial charge in [-0.3, -0.25) is 9.88 Å². The number of pyridine rings is 1. The Bertz CT molecular complexity index is 1170. The first-order chi connectivity index (χ1) is 16.8. The molecular weight excluding hydrogens is 509 g/mol. The molecule has 0 spiro atoms. The topological polar surface area (TPSA) is 102 Å². The fraction of sp³-hybridized carbons (Fsp3) is 0.308. The Hall–Kier alpha value is -1.78. The Morgan fingerprint density at radius 2 is 1.72 bits per heavy atom. The van der Waals surface area contributed by atoms with E-state index >= 15 is 0 Å². The molecule has 0 bridgehead atoms. The van der Waals surface area contributed by atoms with Gasteiger partial charge in [0.05, 0.1) is 10.9 Å². The van der Waals surface area contributed by atoms with E-state index in [4.69, 9.17) is 11.6 Å². The Labute approximate surface area is 240 Å². The number of hydrogen-bond acceptors (Lipinski definition) is 6. The average Bonchev–Trinajstić information content (AvgIpc) is 2.84. The summed E-state index contributed by atoms with van der Waals surface area (Å²) in [5, 5.41) is 11.2. The van der Waals surface area contributed by atoms with Crippen molar-refractivity contribution in [1.29, 1.82) is 0 Å². The van der Waals surface area contributed by atoms with Gasteiger partial charge in [-0.25, -0.2) is 13.1 Å². The third-order valence-corrected chi connectivity index (χ3v) is 7.29. The van der Waals surface area contributed by atoms with Crippen LogP contribution in [0, 0.1) is 0 Å². The standard InChI is InChI=1S/C26H30ClN3O4S.Na/c27-23-12-14-24(15-13-23)35(33,34)29-25(22-9-3-1-4-10-22)20-30(17-6-2-5-11-26(31)32)19-21-8-7-16-28-18-21;/h1,3-4,7-10,12-16,18,25,29H,2,5-6,11,17,19-20H2,(H,31,32);/q;+1/p-1/t25-;/m0./s1. The summed E-state index contributed by atoms with van der Waals surface area (Å²) in [6, 6.07) is 18.9. The fourth-order valence-corrected chi connectivity index (χ4v) is 5.13. The van der Waals surface area contributed by atoms with Crippen LogP contribution in [0.1, 0.15) is 42.9 Å². The molecule has 3 aromatic rings. The average molecular weight is 538 g/mol. The second-order valence-electron chi connectivity index (χ2n) is 8.32. The quantitative estimate of drug-likeness (QED) is 0.238. The van der Waals surface area contributed by atoms with Gasteiger partial charge in [-0.05, 0) is 67.3 Å². The van der Waals surface area contributed by atoms with Crippen molar-refractivity contribution in [2.24, 2.45) is 0 Å². The van der Waals surface area contributed by atoms with Crippen LogP contribution in [0.3, 0.4) is 0 Å². The molecule has 7 nitrogen and oxygen atoms in total. The van der Waals surface area contributed by atoms with Gasteiger partial charge in [-0.1, -0.05) is 54.4 Å². The predicted molar refractivity (Wildman–Crippen MR) is 134 cm³/mol. The molecule has 1 N–H and O–H groups in total. The third kappa shape index (κ3) is 10.3. The molecule has 0 aliphatic carbocycles. The van der Waals surface area contributed by atoms with Crippen molar-refractivity contribution in [3.05, 3.63) is 95.3 Å². The first-order valence-electron chi connectivity index (χ1n) is 11.5. The van der Waals surface area contributed by atoms with Crippen LogP contribution in [-0.2, 0) is 21.4 Å². The van der Waals surface area contributed by atoms with Crippen molar-refractivity contribution < 1.29 is 47.9 Å². The number of rotatable bonds is 14. The summed E-state index contributed by atoms with van der Waals surface area (Å²) < 4.78 is 29.2. The minimum absolute atomic E-state index is 0. The van der Waals surface area contributed by atoms with E-state index in [1.807, 2.05) is 42.5 Å². The summed E-state index contributed by atoms with van der Waals surface area (Å²) in [6.45, 7) is 1.68. The number of carbonyl (C=O) groups is 1. The number of nitrogens with zero attached hydrogens (tertiary/aromatic N) is 2. The number of aromatic nitrogens is 1. The van der Waals surface area contributed by atoms with Crippen molar-refractivity contribution in [3.63, 3.8) is 0 Å². The van der Waals surface area contributed by atoms with Crippen molar-refractivity contribution >= 4 is 27.6 Å². The largest absolute Gasteiger partial charge is 1.00 e. The van der Waals surface area contributed by atoms with Gasteiger partial charge in [0.25, 0.3) is 0 Å². The van der Waals surface area contributed by atoms with Crippen LogP contribution < -0.4 is 39.4 Å². The van der Waals surface area contributed by atoms with E-state index in [2.05, 4.69) is 14.6 Å². The van der Waals surface area contributed by atoms with Gasteiger partial charge < -0.3 is 9.90 Å². The number of hydrogen-bond donors (Lipinski definition) is 1. The second-order valence-corrected chi connectivity index (χ2v) is 10.5. The number of carboxylic acids is 1. The molecule has 186 valence electrons. The predicted octanol–water partition coefficient (Wildman–Crippen LogP) is 0.571. The molecule has 2 aromatic carbocycles. The molecule has 10 heteroatoms. The molecule has 3 rings (SSSR count). The fourth-order valence-electron chi connectivity index (χ4n) is 3.79. The molecular formula is C26H29ClN3NaO4S. The molecule has 1 atom stereocenters. The monoisotopic (exact) mass is 537 g/mol. The number of sulfonamides is 1. The molecule has 0 fully saturated rings. The summed E-state index contributed by atoms with van der Waals surface area (Å²) in [6.07, 6.45) is 5.60. The molecule has 1 heterocycles. The maximum atomic E-state index is 13.2. The van der Waals surface area contributed by atoms with E-state index < -0.39 is 22.0 Å². The van der Waals surface area contributed by atoms with Crippen molar-refractivity contribution in [2.45, 2.75) is 43.2 Å². The first-order valence-corrected chi connectivity index (χ1v) is 13.3. The molecule has 0 radical (unpaired) electrons. The van der Waals surface area contributed by atoms with Crippen LogP contribution in [0.25, 0.3) is 0 Å². The van der Waals surface area contributed by atoms with Gasteiger partial charge >= 0.3 is 29.6 Å². The summed E-state index contributed by atoms with van der Waals surface area (Å²) in [7, 11) is -3.80. The van der Waals surface area contributed by atoms with Crippen LogP contribution in [0.15, 0.2) is 84.0 Å². The minimum Gasteiger partial charge on any atom is -0.550 e. The normalized spacial score (nSPS) is 12.2. The molecule has 1 aromatic heterocycles. The van der Waals surface area contributed by atoms with E-state index in [0.29, 0.717) is 31.1 Å². The third-order valence-electron chi connectivity index (χ3n) is 5.55. The van der Waals surface area contributed by atoms with E-state index in [1.54, 1.807) is 24.5 Å². The zero-order valence-corrected chi connectivity index (χ0v) is 23.9. The number of carbonyl (C=O) groups excluding carboxylic acids is 1. The Balaban J connectivity index is 0.00000456. The number of nitrogens with one attached hydrogen (secondary N) is 1. The maximum absolute atomic E-state index is 13.2. The molecule has 0 saturated carbocycles. The molecule has 0 aliphatic rings. The number of halogens is 1. The second kappa shape index (κ2) is 15.5. The Morgan fingerprint density at radius 3 is 2.36 bits per heavy atom. The molecule has 0 saturated heterocycles. The van der Waals surface area contributed by atoms with Gasteiger partial charge in [-0.15, -0.1) is 0 Å². The molecule has 0 unspecified atom stereocenters. The van der Waals surface area contributed by atoms with Crippen LogP contribution in [0.5, 0.6) is 0 Å². The minimum atomic E-state index is -3.80. The van der Waals surface area contributed by atoms with E-state index in [1.165, 1.54) is 12.1 Å². The zero-order valence-electron chi connectivity index (χ0n) is 20.3. The van der Waals surface area contributed by atoms with Gasteiger partial charge in [0.2, 0.25) is 10.0 Å². The van der Waals surface area contributed by atoms with Crippen molar-refractivity contribution in [1.82, 2.24) is 14.6 Å². The van der Waals surface area contributed by atoms with E-state index in [9.17, 15) is 18.3 Å². The van der Waals surface area contributed by atoms with Crippen LogP contribution in [0.2, 0.25) is 5.02 Å². The SMILES string of the molecule is O=C([O-])CCCCCN(Cc1cccnc1)C[C@H](NS(=O)(=O)c1ccc(Cl)cc1)c1ccccc1.[Na+]. The number of unbranched alkanes of at least 4 members (excludes halogenated alkanes) is 2. The Kier molecular flexibility index (Phi) is 13.1. The van der Waals surface area contributed by atoms with Gasteiger partial charge in [0.15, 0.2) is 0 Å². The summed E-state index contributed by atoms with van der Waals surface area (Å²) in [5.41, 5.74) is 1.85. The van der Waals surface area contributed by atoms with Crippen molar-refractivity contribution in [2.75, 3.05) is 13.1 Å². The number of benzene rings is 2. The molecule has 0 amide bonds. The van der Waals surface area contributed by atoms with Crippen LogP contribution >= 0.6 is 11.6 Å². The summed E-state index contributed by atoms with van der Waals surface area (Å²) in [5.74, 6) is -1.04. The van der Waals surface area contributed by atoms with Gasteiger partial charge in [-0.2, -0.15) is 0 Å². The summed E-state index contributed by atoms with van der Waals surface area (Å²) in [4.78, 5) is 17.2. The smallest absolute Gasteiger partial charge is 0.550 e. The van der Waals surface area contributed by atoms with E-state index in [-0.39, 0.29) is 40.9 Å². The van der Waals surface area contributed by atoms with Gasteiger partial charge in [0, 0.05) is 36.5 Å². The van der Waals surface area contributed by atoms with Gasteiger partial charge in [0.1, 0.15) is 0 Å². The molecule has 36 heavy (non-hydrogen) atoms. The van der Waals surface area contributed by atoms with Crippen molar-refractivity contribution in [3.8, 4) is 0 Å². The number of aliphatic carboxylic acids is 1. The van der Waals surface area contributed by atoms with E-state index in [0.717, 1.165) is 24.0 Å².